The summed E-state index contributed by atoms with van der Waals surface area (Å²) in [5.41, 5.74) is 21.2. The van der Waals surface area contributed by atoms with E-state index in [9.17, 15) is 0 Å². The first kappa shape index (κ1) is 52.7. The molecule has 0 atom stereocenters. The number of hydrogen-bond acceptors (Lipinski definition) is 0. The van der Waals surface area contributed by atoms with Gasteiger partial charge in [0.25, 0.3) is 0 Å². The molecule has 0 bridgehead atoms. The zero-order valence-electron chi connectivity index (χ0n) is 39.4. The Morgan fingerprint density at radius 1 is 0.305 bits per heavy atom. The van der Waals surface area contributed by atoms with Crippen LogP contribution in [0.15, 0.2) is 106 Å². The minimum atomic E-state index is 0. The Morgan fingerprint density at radius 2 is 0.458 bits per heavy atom. The first-order valence-corrected chi connectivity index (χ1v) is 23.4. The van der Waals surface area contributed by atoms with Crippen LogP contribution in [0.5, 0.6) is 0 Å². The molecule has 0 amide bonds. The molecule has 0 aromatic heterocycles. The van der Waals surface area contributed by atoms with E-state index in [0.717, 1.165) is 27.4 Å². The predicted octanol–water partition coefficient (Wildman–Crippen LogP) is 10.6. The van der Waals surface area contributed by atoms with Crippen molar-refractivity contribution in [1.29, 1.82) is 0 Å². The summed E-state index contributed by atoms with van der Waals surface area (Å²) in [6.07, 6.45) is 13.8. The monoisotopic (exact) mass is 1040 g/mol. The van der Waals surface area contributed by atoms with E-state index in [1.165, 1.54) is 132 Å². The van der Waals surface area contributed by atoms with E-state index in [1.54, 1.807) is 0 Å². The Morgan fingerprint density at radius 3 is 0.610 bits per heavy atom. The molecule has 8 radical (unpaired) electrons. The smallest absolute Gasteiger partial charge is 0.0503 e. The van der Waals surface area contributed by atoms with Crippen molar-refractivity contribution in [2.24, 2.45) is 0 Å². The van der Waals surface area contributed by atoms with Crippen LogP contribution < -0.4 is 15.6 Å². The van der Waals surface area contributed by atoms with Gasteiger partial charge in [-0.25, -0.2) is 15.6 Å². The molecule has 3 aromatic rings. The van der Waals surface area contributed by atoms with E-state index in [4.69, 9.17) is 0 Å². The third kappa shape index (κ3) is 14.3. The Bertz CT molecular complexity index is 1950. The van der Waals surface area contributed by atoms with Gasteiger partial charge >= 0.3 is 0 Å². The Hall–Kier alpha value is -2.43. The second kappa shape index (κ2) is 23.1. The van der Waals surface area contributed by atoms with Crippen molar-refractivity contribution in [2.75, 3.05) is 0 Å². The summed E-state index contributed by atoms with van der Waals surface area (Å²) in [6, 6.07) is 13.8. The summed E-state index contributed by atoms with van der Waals surface area (Å²) >= 11 is 0. The van der Waals surface area contributed by atoms with Crippen molar-refractivity contribution in [3.8, 4) is 0 Å². The topological polar surface area (TPSA) is 0 Å². The molecular weight excluding hydrogens is 970 g/mol. The molecule has 0 spiro atoms. The van der Waals surface area contributed by atoms with Crippen LogP contribution in [0.3, 0.4) is 0 Å². The molecule has 0 heterocycles. The van der Waals surface area contributed by atoms with Crippen LogP contribution in [0.4, 0.5) is 0 Å². The number of benzene rings is 3. The van der Waals surface area contributed by atoms with Gasteiger partial charge in [0.1, 0.15) is 0 Å². The molecule has 0 nitrogen and oxygen atoms in total. The van der Waals surface area contributed by atoms with E-state index in [0.29, 0.717) is 0 Å². The van der Waals surface area contributed by atoms with E-state index >= 15 is 0 Å². The summed E-state index contributed by atoms with van der Waals surface area (Å²) in [5, 5.41) is 9.09. The molecule has 5 heteroatoms. The fourth-order valence-corrected chi connectivity index (χ4v) is 12.6. The summed E-state index contributed by atoms with van der Waals surface area (Å²) in [4.78, 5) is 0. The van der Waals surface area contributed by atoms with Gasteiger partial charge in [-0.2, -0.15) is 0 Å². The Labute approximate surface area is 404 Å². The maximum Gasteiger partial charge on any atom is 0.0503 e. The number of rotatable bonds is 3. The molecule has 0 unspecified atom stereocenters. The SMILES string of the molecule is CC1=C[C+](C)C=C(C)C1=[Si-]c1c(C)cc(C)cc1C.CC1=C[C+](C)C=C(C)C1=[Si-]c1c(C)cc(C)cc1C.CC1=C[C+](C)C=C(C)C1=[Si-]c1c(C)cc(C)cc1C.[HH].[HH].[Sn].[Sn]. The van der Waals surface area contributed by atoms with Gasteiger partial charge in [0, 0.05) is 164 Å². The van der Waals surface area contributed by atoms with E-state index < -0.39 is 0 Å². The molecule has 0 aliphatic heterocycles. The number of allylic oxidation sites excluding steroid dienone is 12. The zero-order chi connectivity index (χ0) is 42.5. The average molecular weight is 1040 g/mol. The molecule has 3 aliphatic rings. The largest absolute Gasteiger partial charge is 0.359 e. The van der Waals surface area contributed by atoms with E-state index in [-0.39, 0.29) is 50.7 Å². The minimum Gasteiger partial charge on any atom is -0.359 e. The molecular formula is C54H70Si3Sn2. The van der Waals surface area contributed by atoms with Crippen molar-refractivity contribution in [3.63, 3.8) is 0 Å². The molecule has 306 valence electrons. The normalized spacial score (nSPS) is 14.7. The molecule has 0 saturated carbocycles. The second-order valence-electron chi connectivity index (χ2n) is 17.0. The van der Waals surface area contributed by atoms with Crippen LogP contribution in [0.2, 0.25) is 0 Å². The summed E-state index contributed by atoms with van der Waals surface area (Å²) < 4.78 is 0. The first-order valence-electron chi connectivity index (χ1n) is 20.4. The van der Waals surface area contributed by atoms with Gasteiger partial charge in [-0.05, 0) is 62.3 Å². The summed E-state index contributed by atoms with van der Waals surface area (Å²) in [5.74, 6) is 4.09. The zero-order valence-corrected chi connectivity index (χ0v) is 48.1. The first-order chi connectivity index (χ1) is 26.6. The van der Waals surface area contributed by atoms with E-state index in [2.05, 4.69) is 197 Å². The predicted molar refractivity (Wildman–Crippen MR) is 278 cm³/mol. The maximum atomic E-state index is 2.30. The fraction of sp³-hybridized carbons (Fsp3) is 0.333. The van der Waals surface area contributed by atoms with Gasteiger partial charge in [0.05, 0.1) is 36.5 Å². The standard InChI is InChI=1S/3C18H22Si.2Sn.2H2/c3*1-11-7-13(3)17(14(4)8-11)19-18-15(5)9-12(2)10-16(18)6;;;;/h3*7-10H,1-6H3;;;2*1H. The molecule has 3 aromatic carbocycles. The van der Waals surface area contributed by atoms with Crippen molar-refractivity contribution in [3.05, 3.63) is 174 Å². The number of aryl methyl sites for hydroxylation is 9. The fourth-order valence-electron chi connectivity index (χ4n) is 8.64. The van der Waals surface area contributed by atoms with Gasteiger partial charge < -0.3 is 27.4 Å². The summed E-state index contributed by atoms with van der Waals surface area (Å²) in [6.45, 7) is 39.9. The summed E-state index contributed by atoms with van der Waals surface area (Å²) in [7, 11) is 2.29. The molecule has 0 fully saturated rings. The van der Waals surface area contributed by atoms with Crippen molar-refractivity contribution >= 4 is 106 Å². The van der Waals surface area contributed by atoms with E-state index in [1.807, 2.05) is 0 Å². The van der Waals surface area contributed by atoms with Crippen LogP contribution >= 0.6 is 0 Å². The van der Waals surface area contributed by atoms with Crippen LogP contribution in [0, 0.1) is 80.1 Å². The number of hydrogen-bond donors (Lipinski definition) is 0. The van der Waals surface area contributed by atoms with Crippen molar-refractivity contribution in [2.45, 2.75) is 125 Å². The van der Waals surface area contributed by atoms with Crippen molar-refractivity contribution < 1.29 is 2.85 Å². The van der Waals surface area contributed by atoms with Crippen LogP contribution in [-0.2, 0) is 0 Å². The molecule has 3 aliphatic carbocycles. The third-order valence-corrected chi connectivity index (χ3v) is 17.0. The van der Waals surface area contributed by atoms with Crippen LogP contribution in [-0.4, -0.2) is 90.7 Å². The quantitative estimate of drug-likeness (QED) is 0.181. The average Bonchev–Trinajstić information content (AvgIpc) is 3.05. The van der Waals surface area contributed by atoms with Crippen LogP contribution in [0.25, 0.3) is 0 Å². The maximum absolute atomic E-state index is 2.30. The van der Waals surface area contributed by atoms with Gasteiger partial charge in [-0.1, -0.05) is 86.5 Å². The van der Waals surface area contributed by atoms with Crippen LogP contribution in [0.1, 0.15) is 115 Å². The molecule has 0 saturated heterocycles. The molecule has 6 rings (SSSR count). The second-order valence-corrected chi connectivity index (χ2v) is 20.8. The Kier molecular flexibility index (Phi) is 20.7. The van der Waals surface area contributed by atoms with Crippen molar-refractivity contribution in [1.82, 2.24) is 0 Å². The molecule has 0 N–H and O–H groups in total. The third-order valence-electron chi connectivity index (χ3n) is 10.8. The van der Waals surface area contributed by atoms with Gasteiger partial charge in [-0.15, -0.1) is 15.5 Å². The Balaban J connectivity index is 0.000000857. The minimum absolute atomic E-state index is 0. The molecule has 59 heavy (non-hydrogen) atoms. The van der Waals surface area contributed by atoms with Gasteiger partial charge in [-0.3, -0.25) is 0 Å². The van der Waals surface area contributed by atoms with Gasteiger partial charge in [0.2, 0.25) is 0 Å². The van der Waals surface area contributed by atoms with Gasteiger partial charge in [0.15, 0.2) is 0 Å².